The van der Waals surface area contributed by atoms with Crippen LogP contribution in [0, 0.1) is 0 Å². The molecule has 3 fully saturated rings. The van der Waals surface area contributed by atoms with Crippen molar-refractivity contribution in [2.75, 3.05) is 91.2 Å². The minimum absolute atomic E-state index is 0.148. The van der Waals surface area contributed by atoms with Gasteiger partial charge in [0.25, 0.3) is 11.8 Å². The first-order valence-electron chi connectivity index (χ1n) is 24.4. The number of carbonyl (C=O) groups excluding carboxylic acids is 4. The minimum Gasteiger partial charge on any atom is -0.457 e. The number of anilines is 1. The van der Waals surface area contributed by atoms with Crippen LogP contribution in [-0.4, -0.2) is 156 Å². The van der Waals surface area contributed by atoms with Crippen molar-refractivity contribution >= 4 is 40.5 Å². The molecule has 364 valence electrons. The minimum atomic E-state index is -0.806. The summed E-state index contributed by atoms with van der Waals surface area (Å²) in [5, 5.41) is 11.5. The maximum atomic E-state index is 13.3. The van der Waals surface area contributed by atoms with Gasteiger partial charge in [0.15, 0.2) is 5.65 Å². The van der Waals surface area contributed by atoms with Gasteiger partial charge in [-0.3, -0.25) is 33.9 Å². The zero-order valence-electron chi connectivity index (χ0n) is 39.1. The van der Waals surface area contributed by atoms with Crippen LogP contribution >= 0.6 is 0 Å². The second-order valence-corrected chi connectivity index (χ2v) is 18.0. The second-order valence-electron chi connectivity index (χ2n) is 18.0. The van der Waals surface area contributed by atoms with E-state index < -0.39 is 17.9 Å². The second kappa shape index (κ2) is 22.9. The fourth-order valence-electron chi connectivity index (χ4n) is 9.98. The van der Waals surface area contributed by atoms with Crippen molar-refractivity contribution in [2.24, 2.45) is 0 Å². The number of imide groups is 1. The Balaban J connectivity index is 0.606. The van der Waals surface area contributed by atoms with E-state index in [2.05, 4.69) is 35.1 Å². The third kappa shape index (κ3) is 11.4. The fraction of sp³-hybridized carbons (Fsp3) is 0.471. The molecular weight excluding hydrogens is 881 g/mol. The Morgan fingerprint density at radius 2 is 1.46 bits per heavy atom. The maximum Gasteiger partial charge on any atom is 0.262 e. The lowest BCUT2D eigenvalue weighted by atomic mass is 9.90. The van der Waals surface area contributed by atoms with Gasteiger partial charge in [-0.05, 0) is 93.0 Å². The molecule has 2 aromatic heterocycles. The summed E-state index contributed by atoms with van der Waals surface area (Å²) in [5.41, 5.74) is 10.2. The number of amides is 4. The Kier molecular flexibility index (Phi) is 15.8. The molecule has 1 atom stereocenters. The van der Waals surface area contributed by atoms with E-state index in [0.29, 0.717) is 89.4 Å². The van der Waals surface area contributed by atoms with E-state index in [1.165, 1.54) is 6.33 Å². The summed E-state index contributed by atoms with van der Waals surface area (Å²) in [6.07, 6.45) is 7.37. The number of rotatable bonds is 21. The monoisotopic (exact) mass is 942 g/mol. The molecule has 4 aliphatic rings. The van der Waals surface area contributed by atoms with Crippen molar-refractivity contribution in [3.05, 3.63) is 95.8 Å². The number of aryl methyl sites for hydroxylation is 1. The summed E-state index contributed by atoms with van der Waals surface area (Å²) < 4.78 is 25.3. The number of ether oxygens (including phenoxy) is 4. The molecule has 0 radical (unpaired) electrons. The van der Waals surface area contributed by atoms with Crippen LogP contribution < -0.4 is 21.1 Å². The van der Waals surface area contributed by atoms with E-state index in [1.54, 1.807) is 18.2 Å². The number of benzene rings is 3. The Bertz CT molecular complexity index is 2560. The van der Waals surface area contributed by atoms with E-state index in [4.69, 9.17) is 29.8 Å². The summed E-state index contributed by atoms with van der Waals surface area (Å²) >= 11 is 0. The Hall–Kier alpha value is -6.31. The number of piperidine rings is 1. The Labute approximate surface area is 401 Å². The molecule has 0 bridgehead atoms. The van der Waals surface area contributed by atoms with Gasteiger partial charge >= 0.3 is 0 Å². The van der Waals surface area contributed by atoms with Crippen LogP contribution in [-0.2, 0) is 30.2 Å². The van der Waals surface area contributed by atoms with Gasteiger partial charge in [-0.25, -0.2) is 14.6 Å². The van der Waals surface area contributed by atoms with E-state index in [1.807, 2.05) is 54.6 Å². The molecule has 1 aliphatic carbocycles. The predicted molar refractivity (Wildman–Crippen MR) is 258 cm³/mol. The van der Waals surface area contributed by atoms with Gasteiger partial charge in [-0.2, -0.15) is 5.10 Å². The summed E-state index contributed by atoms with van der Waals surface area (Å²) in [4.78, 5) is 66.6. The van der Waals surface area contributed by atoms with E-state index >= 15 is 0 Å². The third-order valence-electron chi connectivity index (χ3n) is 13.6. The zero-order valence-corrected chi connectivity index (χ0v) is 39.1. The van der Waals surface area contributed by atoms with E-state index in [0.717, 1.165) is 97.1 Å². The molecule has 18 heteroatoms. The molecule has 1 saturated carbocycles. The summed E-state index contributed by atoms with van der Waals surface area (Å²) in [5.74, 6) is 0.540. The number of nitrogen functional groups attached to an aromatic ring is 1. The molecule has 18 nitrogen and oxygen atoms in total. The SMILES string of the molecule is Nc1ncnc2c1c(-c1ccc(Oc3ccccc3)cc1)nn2C1CCC(N2CCN(CCOCCOCCOCCNC(=O)CCc3cccc4c3C(=O)N(C3CCCNC3=O)C4=O)CC2)CC1. The average Bonchev–Trinajstić information content (AvgIpc) is 3.89. The highest BCUT2D eigenvalue weighted by molar-refractivity contribution is 6.23. The number of aromatic nitrogens is 4. The number of para-hydroxylation sites is 1. The van der Waals surface area contributed by atoms with Gasteiger partial charge in [0, 0.05) is 63.8 Å². The molecule has 0 spiro atoms. The first-order valence-corrected chi connectivity index (χ1v) is 24.4. The molecule has 4 N–H and O–H groups in total. The van der Waals surface area contributed by atoms with E-state index in [-0.39, 0.29) is 35.4 Å². The van der Waals surface area contributed by atoms with Crippen LogP contribution in [0.5, 0.6) is 11.5 Å². The van der Waals surface area contributed by atoms with Gasteiger partial charge in [0.05, 0.1) is 62.2 Å². The van der Waals surface area contributed by atoms with Crippen LogP contribution in [0.3, 0.4) is 0 Å². The first-order chi connectivity index (χ1) is 33.8. The van der Waals surface area contributed by atoms with Crippen LogP contribution in [0.2, 0.25) is 0 Å². The number of hydrogen-bond donors (Lipinski definition) is 3. The summed E-state index contributed by atoms with van der Waals surface area (Å²) in [6.45, 7) is 8.72. The quantitative estimate of drug-likeness (QED) is 0.0677. The van der Waals surface area contributed by atoms with Gasteiger partial charge in [-0.1, -0.05) is 30.3 Å². The van der Waals surface area contributed by atoms with Crippen LogP contribution in [0.1, 0.15) is 77.3 Å². The van der Waals surface area contributed by atoms with Crippen molar-refractivity contribution in [3.8, 4) is 22.8 Å². The average molecular weight is 943 g/mol. The molecule has 5 heterocycles. The Morgan fingerprint density at radius 1 is 0.754 bits per heavy atom. The number of piperazine rings is 1. The fourth-order valence-corrected chi connectivity index (χ4v) is 9.98. The largest absolute Gasteiger partial charge is 0.457 e. The van der Waals surface area contributed by atoms with Crippen molar-refractivity contribution in [1.82, 2.24) is 45.1 Å². The first kappa shape index (κ1) is 47.7. The van der Waals surface area contributed by atoms with Crippen molar-refractivity contribution in [3.63, 3.8) is 0 Å². The molecule has 3 aromatic carbocycles. The van der Waals surface area contributed by atoms with Crippen LogP contribution in [0.4, 0.5) is 5.82 Å². The number of carbonyl (C=O) groups is 4. The van der Waals surface area contributed by atoms with Gasteiger partial charge in [0.2, 0.25) is 11.8 Å². The number of hydrogen-bond acceptors (Lipinski definition) is 14. The lowest BCUT2D eigenvalue weighted by Crippen LogP contribution is -2.52. The molecule has 2 saturated heterocycles. The van der Waals surface area contributed by atoms with E-state index in [9.17, 15) is 19.2 Å². The number of nitrogens with two attached hydrogens (primary N) is 1. The maximum absolute atomic E-state index is 13.3. The standard InChI is InChI=1S/C51H62N10O8/c52-47-45-46(36-11-18-40(19-12-36)69-39-7-2-1-3-8-39)57-61(48(45)56-34-55-47)38-16-14-37(15-17-38)59-25-23-58(24-26-59)27-29-67-31-33-68-32-30-66-28-22-53-43(62)20-13-35-6-4-9-41-44(35)51(65)60(50(41)64)42-10-5-21-54-49(42)63/h1-4,6-9,11-12,18-19,34,37-38,42H,5,10,13-17,20-33H2,(H,53,62)(H,54,63)(H2,52,55,56). The molecule has 1 unspecified atom stereocenters. The Morgan fingerprint density at radius 3 is 2.22 bits per heavy atom. The molecule has 69 heavy (non-hydrogen) atoms. The highest BCUT2D eigenvalue weighted by Gasteiger charge is 2.44. The van der Waals surface area contributed by atoms with Crippen molar-refractivity contribution in [1.29, 1.82) is 0 Å². The molecule has 3 aliphatic heterocycles. The van der Waals surface area contributed by atoms with Crippen LogP contribution in [0.25, 0.3) is 22.3 Å². The highest BCUT2D eigenvalue weighted by Crippen LogP contribution is 2.38. The van der Waals surface area contributed by atoms with Crippen molar-refractivity contribution < 1.29 is 38.1 Å². The molecule has 4 amide bonds. The topological polar surface area (TPSA) is 209 Å². The zero-order chi connectivity index (χ0) is 47.5. The third-order valence-corrected chi connectivity index (χ3v) is 13.6. The lowest BCUT2D eigenvalue weighted by Gasteiger charge is -2.42. The number of nitrogens with zero attached hydrogens (tertiary/aromatic N) is 7. The van der Waals surface area contributed by atoms with Crippen LogP contribution in [0.15, 0.2) is 79.1 Å². The smallest absolute Gasteiger partial charge is 0.262 e. The molecule has 9 rings (SSSR count). The number of nitrogens with one attached hydrogen (secondary N) is 2. The summed E-state index contributed by atoms with van der Waals surface area (Å²) in [6, 6.07) is 22.7. The van der Waals surface area contributed by atoms with Crippen molar-refractivity contribution in [2.45, 2.75) is 69.5 Å². The summed E-state index contributed by atoms with van der Waals surface area (Å²) in [7, 11) is 0. The highest BCUT2D eigenvalue weighted by atomic mass is 16.5. The molecular formula is C51H62N10O8. The van der Waals surface area contributed by atoms with Gasteiger partial charge in [0.1, 0.15) is 35.4 Å². The van der Waals surface area contributed by atoms with Gasteiger partial charge in [-0.15, -0.1) is 0 Å². The number of fused-ring (bicyclic) bond motifs is 2. The lowest BCUT2D eigenvalue weighted by molar-refractivity contribution is -0.126. The van der Waals surface area contributed by atoms with Gasteiger partial charge < -0.3 is 35.3 Å². The predicted octanol–water partition coefficient (Wildman–Crippen LogP) is 4.64. The normalized spacial score (nSPS) is 20.0. The molecule has 5 aromatic rings.